The first-order valence-corrected chi connectivity index (χ1v) is 8.59. The van der Waals surface area contributed by atoms with Crippen LogP contribution < -0.4 is 10.9 Å². The molecule has 2 aromatic rings. The molecule has 0 bridgehead atoms. The molecule has 2 aromatic heterocycles. The van der Waals surface area contributed by atoms with Crippen LogP contribution in [0.1, 0.15) is 6.42 Å². The highest BCUT2D eigenvalue weighted by atomic mass is 32.2. The molecule has 1 aliphatic rings. The summed E-state index contributed by atoms with van der Waals surface area (Å²) in [5.74, 6) is 0.426. The molecule has 3 heterocycles. The van der Waals surface area contributed by atoms with Crippen molar-refractivity contribution in [1.29, 1.82) is 0 Å². The van der Waals surface area contributed by atoms with E-state index in [1.807, 2.05) is 0 Å². The maximum atomic E-state index is 12.2. The molecule has 0 amide bonds. The number of sulfone groups is 1. The number of aromatic nitrogens is 4. The fourth-order valence-corrected chi connectivity index (χ4v) is 4.28. The van der Waals surface area contributed by atoms with Crippen LogP contribution in [0.15, 0.2) is 17.3 Å². The first-order chi connectivity index (χ1) is 9.96. The molecule has 1 fully saturated rings. The Morgan fingerprint density at radius 3 is 3.00 bits per heavy atom. The number of nitrogens with one attached hydrogen (secondary N) is 1. The lowest BCUT2D eigenvalue weighted by atomic mass is 10.2. The van der Waals surface area contributed by atoms with Crippen molar-refractivity contribution >= 4 is 20.9 Å². The van der Waals surface area contributed by atoms with Gasteiger partial charge in [0.1, 0.15) is 11.7 Å². The van der Waals surface area contributed by atoms with Crippen LogP contribution in [-0.2, 0) is 23.4 Å². The lowest BCUT2D eigenvalue weighted by molar-refractivity contribution is 0.513. The molecule has 114 valence electrons. The van der Waals surface area contributed by atoms with Gasteiger partial charge in [0.25, 0.3) is 5.56 Å². The highest BCUT2D eigenvalue weighted by Gasteiger charge is 2.27. The minimum atomic E-state index is -2.88. The third kappa shape index (κ3) is 2.84. The lowest BCUT2D eigenvalue weighted by Crippen LogP contribution is -2.34. The van der Waals surface area contributed by atoms with E-state index in [1.165, 1.54) is 17.1 Å². The van der Waals surface area contributed by atoms with E-state index in [1.54, 1.807) is 11.7 Å². The normalized spacial score (nSPS) is 21.1. The smallest absolute Gasteiger partial charge is 0.264 e. The summed E-state index contributed by atoms with van der Waals surface area (Å²) in [6.07, 6.45) is 3.65. The fraction of sp³-hybridized carbons (Fsp3) is 0.583. The van der Waals surface area contributed by atoms with Crippen molar-refractivity contribution in [2.45, 2.75) is 19.0 Å². The van der Waals surface area contributed by atoms with Crippen molar-refractivity contribution in [3.8, 4) is 0 Å². The molecular formula is C12H17N5O3S. The van der Waals surface area contributed by atoms with Gasteiger partial charge in [-0.3, -0.25) is 14.0 Å². The first kappa shape index (κ1) is 14.2. The zero-order valence-electron chi connectivity index (χ0n) is 11.7. The predicted molar refractivity (Wildman–Crippen MR) is 77.8 cm³/mol. The van der Waals surface area contributed by atoms with Crippen LogP contribution >= 0.6 is 0 Å². The van der Waals surface area contributed by atoms with Gasteiger partial charge in [-0.1, -0.05) is 0 Å². The number of aryl methyl sites for hydroxylation is 1. The van der Waals surface area contributed by atoms with E-state index < -0.39 is 9.84 Å². The van der Waals surface area contributed by atoms with E-state index >= 15 is 0 Å². The molecule has 8 nitrogen and oxygen atoms in total. The molecule has 1 saturated heterocycles. The average Bonchev–Trinajstić information content (AvgIpc) is 2.96. The van der Waals surface area contributed by atoms with Gasteiger partial charge < -0.3 is 5.32 Å². The van der Waals surface area contributed by atoms with E-state index in [9.17, 15) is 13.2 Å². The van der Waals surface area contributed by atoms with Crippen molar-refractivity contribution in [3.63, 3.8) is 0 Å². The second-order valence-electron chi connectivity index (χ2n) is 5.30. The van der Waals surface area contributed by atoms with E-state index in [-0.39, 0.29) is 23.1 Å². The number of fused-ring (bicyclic) bond motifs is 1. The van der Waals surface area contributed by atoms with Gasteiger partial charge in [-0.2, -0.15) is 5.10 Å². The largest absolute Gasteiger partial charge is 0.311 e. The maximum Gasteiger partial charge on any atom is 0.264 e. The number of hydrogen-bond donors (Lipinski definition) is 1. The van der Waals surface area contributed by atoms with Gasteiger partial charge in [0.15, 0.2) is 15.5 Å². The summed E-state index contributed by atoms with van der Waals surface area (Å²) in [6.45, 7) is 0.987. The third-order valence-corrected chi connectivity index (χ3v) is 5.50. The summed E-state index contributed by atoms with van der Waals surface area (Å²) in [7, 11) is -1.14. The molecule has 1 aliphatic heterocycles. The first-order valence-electron chi connectivity index (χ1n) is 6.77. The van der Waals surface area contributed by atoms with E-state index in [0.717, 1.165) is 0 Å². The van der Waals surface area contributed by atoms with E-state index in [0.29, 0.717) is 30.5 Å². The topological polar surface area (TPSA) is 98.9 Å². The molecule has 0 radical (unpaired) electrons. The molecule has 1 N–H and O–H groups in total. The predicted octanol–water partition coefficient (Wildman–Crippen LogP) is -1.09. The van der Waals surface area contributed by atoms with Crippen LogP contribution in [0.25, 0.3) is 11.0 Å². The van der Waals surface area contributed by atoms with Gasteiger partial charge in [0.05, 0.1) is 17.7 Å². The van der Waals surface area contributed by atoms with Gasteiger partial charge in [-0.05, 0) is 6.42 Å². The Labute approximate surface area is 121 Å². The molecule has 21 heavy (non-hydrogen) atoms. The summed E-state index contributed by atoms with van der Waals surface area (Å²) in [5, 5.41) is 7.68. The van der Waals surface area contributed by atoms with Crippen LogP contribution in [0.4, 0.5) is 0 Å². The highest BCUT2D eigenvalue weighted by Crippen LogP contribution is 2.10. The standard InChI is InChI=1S/C12H17N5O3S/c1-16-11-10(6-15-16)12(18)17(8-14-11)4-3-13-9-2-5-21(19,20)7-9/h6,8-9,13H,2-5,7H2,1H3. The monoisotopic (exact) mass is 311 g/mol. The van der Waals surface area contributed by atoms with Crippen LogP contribution in [-0.4, -0.2) is 51.8 Å². The van der Waals surface area contributed by atoms with E-state index in [4.69, 9.17) is 0 Å². The Kier molecular flexibility index (Phi) is 3.54. The Morgan fingerprint density at radius 2 is 2.29 bits per heavy atom. The van der Waals surface area contributed by atoms with Gasteiger partial charge in [-0.25, -0.2) is 13.4 Å². The van der Waals surface area contributed by atoms with Crippen LogP contribution in [0.2, 0.25) is 0 Å². The van der Waals surface area contributed by atoms with Crippen LogP contribution in [0, 0.1) is 0 Å². The van der Waals surface area contributed by atoms with Gasteiger partial charge in [0, 0.05) is 26.2 Å². The molecule has 0 aromatic carbocycles. The molecule has 0 spiro atoms. The molecular weight excluding hydrogens is 294 g/mol. The second-order valence-corrected chi connectivity index (χ2v) is 7.53. The van der Waals surface area contributed by atoms with Crippen molar-refractivity contribution in [2.75, 3.05) is 18.1 Å². The zero-order valence-corrected chi connectivity index (χ0v) is 12.5. The third-order valence-electron chi connectivity index (χ3n) is 3.74. The quantitative estimate of drug-likeness (QED) is 0.770. The maximum absolute atomic E-state index is 12.2. The molecule has 3 rings (SSSR count). The fourth-order valence-electron chi connectivity index (χ4n) is 2.57. The van der Waals surface area contributed by atoms with Crippen molar-refractivity contribution in [3.05, 3.63) is 22.9 Å². The Balaban J connectivity index is 1.66. The molecule has 0 aliphatic carbocycles. The second kappa shape index (κ2) is 5.23. The summed E-state index contributed by atoms with van der Waals surface area (Å²) >= 11 is 0. The number of nitrogens with zero attached hydrogens (tertiary/aromatic N) is 4. The zero-order chi connectivity index (χ0) is 15.0. The summed E-state index contributed by atoms with van der Waals surface area (Å²) in [4.78, 5) is 16.4. The van der Waals surface area contributed by atoms with E-state index in [2.05, 4.69) is 15.4 Å². The molecule has 0 saturated carbocycles. The Hall–Kier alpha value is -1.74. The Morgan fingerprint density at radius 1 is 1.48 bits per heavy atom. The number of hydrogen-bond acceptors (Lipinski definition) is 6. The molecule has 1 unspecified atom stereocenters. The minimum absolute atomic E-state index is 0.0132. The minimum Gasteiger partial charge on any atom is -0.311 e. The van der Waals surface area contributed by atoms with Crippen molar-refractivity contribution < 1.29 is 8.42 Å². The summed E-state index contributed by atoms with van der Waals surface area (Å²) in [6, 6.07) is -0.0132. The summed E-state index contributed by atoms with van der Waals surface area (Å²) < 4.78 is 25.8. The number of rotatable bonds is 4. The average molecular weight is 311 g/mol. The Bertz CT molecular complexity index is 823. The van der Waals surface area contributed by atoms with Crippen molar-refractivity contribution in [2.24, 2.45) is 7.05 Å². The highest BCUT2D eigenvalue weighted by molar-refractivity contribution is 7.91. The van der Waals surface area contributed by atoms with Crippen molar-refractivity contribution in [1.82, 2.24) is 24.6 Å². The van der Waals surface area contributed by atoms with Crippen LogP contribution in [0.5, 0.6) is 0 Å². The van der Waals surface area contributed by atoms with Crippen LogP contribution in [0.3, 0.4) is 0 Å². The van der Waals surface area contributed by atoms with Gasteiger partial charge >= 0.3 is 0 Å². The SMILES string of the molecule is Cn1ncc2c(=O)n(CCNC3CCS(=O)(=O)C3)cnc21. The summed E-state index contributed by atoms with van der Waals surface area (Å²) in [5.41, 5.74) is 0.431. The molecule has 1 atom stereocenters. The molecule has 9 heteroatoms. The van der Waals surface area contributed by atoms with Gasteiger partial charge in [-0.15, -0.1) is 0 Å². The lowest BCUT2D eigenvalue weighted by Gasteiger charge is -2.11. The van der Waals surface area contributed by atoms with Gasteiger partial charge in [0.2, 0.25) is 0 Å².